The molecule has 5 aromatic rings. The molecule has 0 saturated heterocycles. The first-order valence-corrected chi connectivity index (χ1v) is 11.4. The van der Waals surface area contributed by atoms with Crippen molar-refractivity contribution in [3.05, 3.63) is 108 Å². The average molecular weight is 485 g/mol. The van der Waals surface area contributed by atoms with Crippen LogP contribution in [-0.4, -0.2) is 15.3 Å². The fraction of sp³-hybridized carbons (Fsp3) is 0.172. The lowest BCUT2D eigenvalue weighted by Crippen LogP contribution is -2.21. The summed E-state index contributed by atoms with van der Waals surface area (Å²) < 4.78 is 11.3. The van der Waals surface area contributed by atoms with Crippen LogP contribution in [-0.2, 0) is 0 Å². The van der Waals surface area contributed by atoms with Gasteiger partial charge in [0, 0.05) is 0 Å². The van der Waals surface area contributed by atoms with Crippen LogP contribution < -0.4 is 11.3 Å². The minimum Gasteiger partial charge on any atom is -0.508 e. The summed E-state index contributed by atoms with van der Waals surface area (Å²) >= 11 is 0. The average Bonchev–Trinajstić information content (AvgIpc) is 2.80. The summed E-state index contributed by atoms with van der Waals surface area (Å²) in [5.74, 6) is -2.16. The van der Waals surface area contributed by atoms with E-state index >= 15 is 0 Å². The highest BCUT2D eigenvalue weighted by molar-refractivity contribution is 5.89. The zero-order valence-electron chi connectivity index (χ0n) is 20.2. The van der Waals surface area contributed by atoms with Crippen molar-refractivity contribution in [1.82, 2.24) is 0 Å². The molecule has 0 aliphatic heterocycles. The molecular formula is C29H24O7. The van der Waals surface area contributed by atoms with E-state index in [1.165, 1.54) is 12.1 Å². The zero-order chi connectivity index (χ0) is 25.9. The number of aryl methyl sites for hydroxylation is 4. The van der Waals surface area contributed by atoms with Crippen molar-refractivity contribution >= 4 is 21.9 Å². The Hall–Kier alpha value is -4.52. The Bertz CT molecular complexity index is 1700. The third kappa shape index (κ3) is 3.60. The highest BCUT2D eigenvalue weighted by atomic mass is 16.4. The monoisotopic (exact) mass is 484 g/mol. The molecule has 3 aromatic carbocycles. The van der Waals surface area contributed by atoms with Crippen LogP contribution in [0.2, 0.25) is 0 Å². The Morgan fingerprint density at radius 1 is 0.667 bits per heavy atom. The summed E-state index contributed by atoms with van der Waals surface area (Å²) in [6.45, 7) is 7.22. The van der Waals surface area contributed by atoms with E-state index in [1.54, 1.807) is 38.1 Å². The number of fused-ring (bicyclic) bond motifs is 2. The number of phenolic OH excluding ortho intramolecular Hbond substituents is 1. The van der Waals surface area contributed by atoms with Gasteiger partial charge in [0.25, 0.3) is 0 Å². The maximum Gasteiger partial charge on any atom is 0.344 e. The molecule has 36 heavy (non-hydrogen) atoms. The van der Waals surface area contributed by atoms with Gasteiger partial charge >= 0.3 is 11.3 Å². The summed E-state index contributed by atoms with van der Waals surface area (Å²) in [5, 5.41) is 33.6. The van der Waals surface area contributed by atoms with Crippen LogP contribution in [0, 0.1) is 27.7 Å². The van der Waals surface area contributed by atoms with E-state index in [-0.39, 0.29) is 45.1 Å². The maximum absolute atomic E-state index is 13.4. The second kappa shape index (κ2) is 8.30. The molecule has 2 heterocycles. The van der Waals surface area contributed by atoms with Crippen LogP contribution in [0.1, 0.15) is 44.9 Å². The molecule has 0 saturated carbocycles. The van der Waals surface area contributed by atoms with Gasteiger partial charge in [-0.25, -0.2) is 9.59 Å². The molecule has 0 atom stereocenters. The van der Waals surface area contributed by atoms with Gasteiger partial charge in [-0.15, -0.1) is 0 Å². The molecule has 182 valence electrons. The molecule has 5 rings (SSSR count). The lowest BCUT2D eigenvalue weighted by atomic mass is 9.84. The first-order valence-electron chi connectivity index (χ1n) is 11.4. The normalized spacial score (nSPS) is 11.6. The quantitative estimate of drug-likeness (QED) is 0.292. The summed E-state index contributed by atoms with van der Waals surface area (Å²) in [7, 11) is 0. The van der Waals surface area contributed by atoms with Crippen molar-refractivity contribution in [3.63, 3.8) is 0 Å². The number of rotatable bonds is 3. The minimum atomic E-state index is -1.29. The fourth-order valence-corrected chi connectivity index (χ4v) is 5.00. The number of hydrogen-bond acceptors (Lipinski definition) is 7. The maximum atomic E-state index is 13.4. The molecule has 0 spiro atoms. The molecular weight excluding hydrogens is 460 g/mol. The highest BCUT2D eigenvalue weighted by Gasteiger charge is 2.33. The van der Waals surface area contributed by atoms with Crippen molar-refractivity contribution in [2.45, 2.75) is 33.6 Å². The van der Waals surface area contributed by atoms with Crippen molar-refractivity contribution in [1.29, 1.82) is 0 Å². The van der Waals surface area contributed by atoms with Crippen LogP contribution in [0.25, 0.3) is 21.9 Å². The predicted molar refractivity (Wildman–Crippen MR) is 136 cm³/mol. The van der Waals surface area contributed by atoms with Crippen LogP contribution in [0.3, 0.4) is 0 Å². The van der Waals surface area contributed by atoms with E-state index in [0.29, 0.717) is 21.9 Å². The molecule has 0 aliphatic carbocycles. The van der Waals surface area contributed by atoms with Crippen molar-refractivity contribution in [2.75, 3.05) is 0 Å². The Kier molecular flexibility index (Phi) is 5.36. The molecule has 7 heteroatoms. The van der Waals surface area contributed by atoms with Crippen LogP contribution >= 0.6 is 0 Å². The largest absolute Gasteiger partial charge is 0.508 e. The standard InChI is InChI=1S/C29H24O7/c1-13-8-15(3)26-19(10-13)24(31)22(28(33)35-26)21(17-6-5-7-18(30)12-17)23-25(32)20-11-14(2)9-16(4)27(20)36-29(23)34/h5-12,21,30-32H,1-4H3. The zero-order valence-corrected chi connectivity index (χ0v) is 20.2. The van der Waals surface area contributed by atoms with Gasteiger partial charge in [0.1, 0.15) is 28.4 Å². The summed E-state index contributed by atoms with van der Waals surface area (Å²) in [6, 6.07) is 12.9. The van der Waals surface area contributed by atoms with E-state index in [2.05, 4.69) is 0 Å². The number of aromatic hydroxyl groups is 3. The topological polar surface area (TPSA) is 121 Å². The van der Waals surface area contributed by atoms with E-state index in [0.717, 1.165) is 11.1 Å². The van der Waals surface area contributed by atoms with E-state index in [9.17, 15) is 24.9 Å². The van der Waals surface area contributed by atoms with Crippen LogP contribution in [0.15, 0.2) is 67.0 Å². The van der Waals surface area contributed by atoms with E-state index < -0.39 is 17.2 Å². The molecule has 0 amide bonds. The Labute approximate surface area is 205 Å². The summed E-state index contributed by atoms with van der Waals surface area (Å²) in [6.07, 6.45) is 0. The van der Waals surface area contributed by atoms with Crippen molar-refractivity contribution in [3.8, 4) is 17.2 Å². The van der Waals surface area contributed by atoms with Crippen molar-refractivity contribution in [2.24, 2.45) is 0 Å². The number of benzene rings is 3. The van der Waals surface area contributed by atoms with Gasteiger partial charge < -0.3 is 24.2 Å². The molecule has 0 radical (unpaired) electrons. The molecule has 0 bridgehead atoms. The first kappa shape index (κ1) is 23.2. The van der Waals surface area contributed by atoms with Gasteiger partial charge in [0.05, 0.1) is 27.8 Å². The first-order chi connectivity index (χ1) is 17.1. The number of hydrogen-bond donors (Lipinski definition) is 3. The molecule has 0 unspecified atom stereocenters. The van der Waals surface area contributed by atoms with Gasteiger partial charge in [0.2, 0.25) is 0 Å². The van der Waals surface area contributed by atoms with Gasteiger partial charge in [-0.2, -0.15) is 0 Å². The molecule has 0 fully saturated rings. The number of phenols is 1. The smallest absolute Gasteiger partial charge is 0.344 e. The molecule has 7 nitrogen and oxygen atoms in total. The Morgan fingerprint density at radius 3 is 1.58 bits per heavy atom. The Balaban J connectivity index is 1.94. The lowest BCUT2D eigenvalue weighted by molar-refractivity contribution is 0.440. The van der Waals surface area contributed by atoms with Gasteiger partial charge in [-0.1, -0.05) is 24.3 Å². The van der Waals surface area contributed by atoms with Crippen LogP contribution in [0.4, 0.5) is 0 Å². The van der Waals surface area contributed by atoms with Crippen molar-refractivity contribution < 1.29 is 24.2 Å². The SMILES string of the molecule is Cc1cc(C)c2oc(=O)c(C(c3cccc(O)c3)c3c(O)c4cc(C)cc(C)c4oc3=O)c(O)c2c1. The fourth-order valence-electron chi connectivity index (χ4n) is 5.00. The van der Waals surface area contributed by atoms with Gasteiger partial charge in [0.15, 0.2) is 0 Å². The highest BCUT2D eigenvalue weighted by Crippen LogP contribution is 2.43. The van der Waals surface area contributed by atoms with E-state index in [4.69, 9.17) is 8.83 Å². The van der Waals surface area contributed by atoms with Gasteiger partial charge in [-0.05, 0) is 79.8 Å². The van der Waals surface area contributed by atoms with E-state index in [1.807, 2.05) is 26.0 Å². The van der Waals surface area contributed by atoms with Gasteiger partial charge in [-0.3, -0.25) is 0 Å². The third-order valence-corrected chi connectivity index (χ3v) is 6.47. The predicted octanol–water partition coefficient (Wildman–Crippen LogP) is 5.43. The second-order valence-corrected chi connectivity index (χ2v) is 9.25. The lowest BCUT2D eigenvalue weighted by Gasteiger charge is -2.20. The second-order valence-electron chi connectivity index (χ2n) is 9.25. The van der Waals surface area contributed by atoms with Crippen LogP contribution in [0.5, 0.6) is 17.2 Å². The summed E-state index contributed by atoms with van der Waals surface area (Å²) in [5.41, 5.74) is 1.49. The molecule has 3 N–H and O–H groups in total. The minimum absolute atomic E-state index is 0.120. The Morgan fingerprint density at radius 2 is 1.14 bits per heavy atom. The third-order valence-electron chi connectivity index (χ3n) is 6.47. The molecule has 0 aliphatic rings. The molecule has 2 aromatic heterocycles. The summed E-state index contributed by atoms with van der Waals surface area (Å²) in [4.78, 5) is 26.7.